The minimum atomic E-state index is -0.205. The van der Waals surface area contributed by atoms with E-state index in [1.165, 1.54) is 57.0 Å². The maximum atomic E-state index is 6.59. The average molecular weight is 694 g/mol. The van der Waals surface area contributed by atoms with E-state index in [1.54, 1.807) is 0 Å². The minimum absolute atomic E-state index is 0.134. The maximum Gasteiger partial charge on any atom is 0.134 e. The Balaban J connectivity index is 0.977. The summed E-state index contributed by atoms with van der Waals surface area (Å²) >= 11 is 3.75. The monoisotopic (exact) mass is 693 g/mol. The third kappa shape index (κ3) is 4.71. The van der Waals surface area contributed by atoms with Crippen LogP contribution in [-0.4, -0.2) is 5.84 Å². The van der Waals surface area contributed by atoms with Gasteiger partial charge in [-0.2, -0.15) is 0 Å². The molecule has 0 radical (unpaired) electrons. The fourth-order valence-corrected chi connectivity index (χ4v) is 10.6. The van der Waals surface area contributed by atoms with Gasteiger partial charge in [0.15, 0.2) is 0 Å². The summed E-state index contributed by atoms with van der Waals surface area (Å²) < 4.78 is 11.9. The highest BCUT2D eigenvalue weighted by atomic mass is 32.1. The Bertz CT molecular complexity index is 2880. The Kier molecular flexibility index (Phi) is 6.59. The van der Waals surface area contributed by atoms with Gasteiger partial charge in [-0.05, 0) is 41.5 Å². The number of allylic oxidation sites excluding steroid dienone is 1. The summed E-state index contributed by atoms with van der Waals surface area (Å²) in [5, 5.41) is 14.0. The number of benzene rings is 6. The summed E-state index contributed by atoms with van der Waals surface area (Å²) in [5.41, 5.74) is 6.87. The van der Waals surface area contributed by atoms with Crippen molar-refractivity contribution < 1.29 is 4.42 Å². The van der Waals surface area contributed by atoms with E-state index in [0.717, 1.165) is 40.1 Å². The van der Waals surface area contributed by atoms with Crippen LogP contribution in [0.15, 0.2) is 149 Å². The van der Waals surface area contributed by atoms with Gasteiger partial charge in [-0.15, -0.1) is 22.7 Å². The molecule has 1 aliphatic heterocycles. The largest absolute Gasteiger partial charge is 0.460 e. The zero-order valence-corrected chi connectivity index (χ0v) is 29.1. The van der Waals surface area contributed by atoms with Crippen LogP contribution in [0.25, 0.3) is 57.4 Å². The van der Waals surface area contributed by atoms with Crippen LogP contribution in [0.1, 0.15) is 51.8 Å². The van der Waals surface area contributed by atoms with Gasteiger partial charge in [0.05, 0.1) is 0 Å². The fraction of sp³-hybridized carbons (Fsp3) is 0.0889. The van der Waals surface area contributed by atoms with Crippen molar-refractivity contribution in [1.82, 2.24) is 10.6 Å². The van der Waals surface area contributed by atoms with E-state index in [0.29, 0.717) is 0 Å². The number of fused-ring (bicyclic) bond motifs is 9. The molecule has 244 valence electrons. The first-order chi connectivity index (χ1) is 25.2. The molecule has 1 aliphatic carbocycles. The molecule has 0 saturated heterocycles. The van der Waals surface area contributed by atoms with Crippen LogP contribution in [-0.2, 0) is 6.42 Å². The van der Waals surface area contributed by atoms with E-state index in [4.69, 9.17) is 9.41 Å². The van der Waals surface area contributed by atoms with Gasteiger partial charge in [0, 0.05) is 74.8 Å². The second kappa shape index (κ2) is 11.5. The lowest BCUT2D eigenvalue weighted by Crippen LogP contribution is -2.45. The predicted octanol–water partition coefficient (Wildman–Crippen LogP) is 11.9. The van der Waals surface area contributed by atoms with E-state index in [2.05, 4.69) is 156 Å². The van der Waals surface area contributed by atoms with Crippen molar-refractivity contribution in [2.24, 2.45) is 4.99 Å². The first kappa shape index (κ1) is 29.2. The van der Waals surface area contributed by atoms with E-state index >= 15 is 0 Å². The van der Waals surface area contributed by atoms with Gasteiger partial charge in [0.2, 0.25) is 0 Å². The molecule has 3 atom stereocenters. The van der Waals surface area contributed by atoms with E-state index in [1.807, 2.05) is 22.7 Å². The number of nitrogens with zero attached hydrogens (tertiary/aromatic N) is 1. The van der Waals surface area contributed by atoms with Gasteiger partial charge >= 0.3 is 0 Å². The van der Waals surface area contributed by atoms with E-state index < -0.39 is 0 Å². The molecule has 0 amide bonds. The zero-order valence-electron chi connectivity index (χ0n) is 27.5. The van der Waals surface area contributed by atoms with Crippen LogP contribution < -0.4 is 10.6 Å². The van der Waals surface area contributed by atoms with Crippen LogP contribution in [0.2, 0.25) is 0 Å². The molecule has 3 unspecified atom stereocenters. The van der Waals surface area contributed by atoms with Crippen LogP contribution in [0.3, 0.4) is 0 Å². The molecular weight excluding hydrogens is 663 g/mol. The molecule has 2 N–H and O–H groups in total. The number of rotatable bonds is 4. The first-order valence-corrected chi connectivity index (χ1v) is 19.1. The molecule has 51 heavy (non-hydrogen) atoms. The highest BCUT2D eigenvalue weighted by Crippen LogP contribution is 2.43. The standard InChI is InChI=1S/C45H31N3OS2/c1-2-10-26(11-3-1)43-46-44(48-45(47-43)35-17-9-16-34-32-13-5-7-19-40(32)51-42(34)35)28-21-23-37-36(24-28)30-22-20-27(25-38(30)49-37)29-14-8-15-33-31-12-4-6-18-39(31)50-41(29)33/h1-24,27,43,45,47H,25H2,(H,46,48). The summed E-state index contributed by atoms with van der Waals surface area (Å²) in [5.74, 6) is 2.18. The molecule has 0 bridgehead atoms. The van der Waals surface area contributed by atoms with Gasteiger partial charge < -0.3 is 9.73 Å². The fourth-order valence-electron chi connectivity index (χ4n) is 8.07. The first-order valence-electron chi connectivity index (χ1n) is 17.4. The second-order valence-corrected chi connectivity index (χ2v) is 15.6. The molecule has 2 aliphatic rings. The van der Waals surface area contributed by atoms with Crippen molar-refractivity contribution in [3.63, 3.8) is 0 Å². The summed E-state index contributed by atoms with van der Waals surface area (Å²) in [4.78, 5) is 5.27. The molecule has 6 heteroatoms. The Morgan fingerprint density at radius 2 is 1.29 bits per heavy atom. The summed E-state index contributed by atoms with van der Waals surface area (Å²) in [6.07, 6.45) is 5.15. The molecular formula is C45H31N3OS2. The smallest absolute Gasteiger partial charge is 0.134 e. The van der Waals surface area contributed by atoms with Crippen molar-refractivity contribution in [2.75, 3.05) is 0 Å². The predicted molar refractivity (Wildman–Crippen MR) is 215 cm³/mol. The molecule has 6 aromatic carbocycles. The van der Waals surface area contributed by atoms with Gasteiger partial charge in [-0.1, -0.05) is 115 Å². The third-order valence-corrected chi connectivity index (χ3v) is 13.0. The lowest BCUT2D eigenvalue weighted by molar-refractivity contribution is 0.411. The number of aliphatic imine (C=N–C) groups is 1. The molecule has 11 rings (SSSR count). The number of nitrogens with one attached hydrogen (secondary N) is 2. The van der Waals surface area contributed by atoms with Gasteiger partial charge in [0.1, 0.15) is 29.5 Å². The van der Waals surface area contributed by atoms with Crippen molar-refractivity contribution in [2.45, 2.75) is 24.7 Å². The number of furan rings is 1. The lowest BCUT2D eigenvalue weighted by atomic mass is 9.87. The maximum absolute atomic E-state index is 6.59. The molecule has 0 saturated carbocycles. The Morgan fingerprint density at radius 3 is 2.06 bits per heavy atom. The number of hydrogen-bond donors (Lipinski definition) is 2. The van der Waals surface area contributed by atoms with Gasteiger partial charge in [-0.3, -0.25) is 5.32 Å². The van der Waals surface area contributed by atoms with Gasteiger partial charge in [-0.25, -0.2) is 4.99 Å². The molecule has 0 spiro atoms. The Hall–Kier alpha value is -5.53. The van der Waals surface area contributed by atoms with Gasteiger partial charge in [0.25, 0.3) is 0 Å². The van der Waals surface area contributed by atoms with Crippen molar-refractivity contribution in [3.05, 3.63) is 173 Å². The number of thiophene rings is 2. The minimum Gasteiger partial charge on any atom is -0.460 e. The molecule has 4 nitrogen and oxygen atoms in total. The molecule has 0 fully saturated rings. The second-order valence-electron chi connectivity index (χ2n) is 13.5. The zero-order chi connectivity index (χ0) is 33.5. The van der Waals surface area contributed by atoms with Crippen molar-refractivity contribution in [1.29, 1.82) is 0 Å². The molecule has 4 heterocycles. The van der Waals surface area contributed by atoms with E-state index in [9.17, 15) is 0 Å². The van der Waals surface area contributed by atoms with Crippen LogP contribution in [0.4, 0.5) is 0 Å². The normalized spacial score (nSPS) is 18.8. The van der Waals surface area contributed by atoms with Crippen LogP contribution in [0, 0.1) is 0 Å². The van der Waals surface area contributed by atoms with E-state index in [-0.39, 0.29) is 18.2 Å². The topological polar surface area (TPSA) is 49.6 Å². The summed E-state index contributed by atoms with van der Waals surface area (Å²) in [6.45, 7) is 0. The molecule has 3 aromatic heterocycles. The van der Waals surface area contributed by atoms with Crippen LogP contribution in [0.5, 0.6) is 0 Å². The Morgan fingerprint density at radius 1 is 0.627 bits per heavy atom. The molecule has 9 aromatic rings. The van der Waals surface area contributed by atoms with Crippen LogP contribution >= 0.6 is 22.7 Å². The van der Waals surface area contributed by atoms with Crippen molar-refractivity contribution >= 4 is 85.9 Å². The third-order valence-electron chi connectivity index (χ3n) is 10.5. The average Bonchev–Trinajstić information content (AvgIpc) is 3.88. The summed E-state index contributed by atoms with van der Waals surface area (Å²) in [6, 6.07) is 47.9. The highest BCUT2D eigenvalue weighted by Gasteiger charge is 2.29. The summed E-state index contributed by atoms with van der Waals surface area (Å²) in [7, 11) is 0. The number of amidine groups is 1. The Labute approximate surface area is 302 Å². The highest BCUT2D eigenvalue weighted by molar-refractivity contribution is 7.26. The quantitative estimate of drug-likeness (QED) is 0.193. The SMILES string of the molecule is C1=CC(c2cccc3c2sc2ccccc23)Cc2oc3ccc(C4=NC(c5ccccc5)NC(c5cccc6c5sc5ccccc56)N4)cc3c21. The number of hydrogen-bond acceptors (Lipinski definition) is 6. The van der Waals surface area contributed by atoms with Crippen molar-refractivity contribution in [3.8, 4) is 0 Å². The lowest BCUT2D eigenvalue weighted by Gasteiger charge is -2.32.